The van der Waals surface area contributed by atoms with E-state index in [-0.39, 0.29) is 10.5 Å². The van der Waals surface area contributed by atoms with Crippen LogP contribution in [-0.2, 0) is 16.4 Å². The molecule has 4 rings (SSSR count). The van der Waals surface area contributed by atoms with Gasteiger partial charge in [0.1, 0.15) is 10.7 Å². The fourth-order valence-corrected chi connectivity index (χ4v) is 4.75. The van der Waals surface area contributed by atoms with Crippen molar-refractivity contribution in [2.75, 3.05) is 32.7 Å². The lowest BCUT2D eigenvalue weighted by atomic mass is 10.2. The first-order chi connectivity index (χ1) is 13.5. The van der Waals surface area contributed by atoms with Crippen molar-refractivity contribution in [3.63, 3.8) is 0 Å². The number of hydrogen-bond donors (Lipinski definition) is 1. The van der Waals surface area contributed by atoms with Crippen LogP contribution in [0.15, 0.2) is 58.5 Å². The highest BCUT2D eigenvalue weighted by Gasteiger charge is 2.28. The van der Waals surface area contributed by atoms with Gasteiger partial charge in [-0.1, -0.05) is 12.1 Å². The minimum Gasteiger partial charge on any atom is -0.310 e. The van der Waals surface area contributed by atoms with E-state index >= 15 is 0 Å². The largest absolute Gasteiger partial charge is 0.310 e. The number of pyridine rings is 1. The highest BCUT2D eigenvalue weighted by Crippen LogP contribution is 2.16. The van der Waals surface area contributed by atoms with Gasteiger partial charge in [-0.2, -0.15) is 4.31 Å². The van der Waals surface area contributed by atoms with Crippen LogP contribution in [0.2, 0.25) is 0 Å². The number of sulfonamides is 1. The van der Waals surface area contributed by atoms with Gasteiger partial charge in [0.2, 0.25) is 10.0 Å². The van der Waals surface area contributed by atoms with E-state index < -0.39 is 10.0 Å². The topological polar surface area (TPSA) is 99.3 Å². The maximum Gasteiger partial charge on any atom is 0.258 e. The third-order valence-corrected chi connectivity index (χ3v) is 6.81. The summed E-state index contributed by atoms with van der Waals surface area (Å²) in [6.45, 7) is 2.84. The maximum absolute atomic E-state index is 12.7. The Hall–Kier alpha value is -2.62. The number of para-hydroxylation sites is 1. The molecule has 0 atom stereocenters. The van der Waals surface area contributed by atoms with Crippen molar-refractivity contribution in [2.24, 2.45) is 0 Å². The van der Waals surface area contributed by atoms with Gasteiger partial charge in [-0.05, 0) is 24.3 Å². The molecular formula is C19H21N5O3S. The molecule has 0 spiro atoms. The van der Waals surface area contributed by atoms with Crippen molar-refractivity contribution in [1.29, 1.82) is 0 Å². The van der Waals surface area contributed by atoms with E-state index in [1.807, 2.05) is 18.2 Å². The van der Waals surface area contributed by atoms with Crippen molar-refractivity contribution >= 4 is 20.9 Å². The minimum absolute atomic E-state index is 0.131. The van der Waals surface area contributed by atoms with Crippen molar-refractivity contribution in [2.45, 2.75) is 11.3 Å². The van der Waals surface area contributed by atoms with Crippen LogP contribution in [0.4, 0.5) is 0 Å². The third-order valence-electron chi connectivity index (χ3n) is 4.93. The van der Waals surface area contributed by atoms with Crippen molar-refractivity contribution in [3.05, 3.63) is 65.0 Å². The van der Waals surface area contributed by atoms with Gasteiger partial charge in [0.05, 0.1) is 10.9 Å². The summed E-state index contributed by atoms with van der Waals surface area (Å²) in [6, 6.07) is 10.5. The van der Waals surface area contributed by atoms with Crippen molar-refractivity contribution in [3.8, 4) is 0 Å². The quantitative estimate of drug-likeness (QED) is 0.683. The van der Waals surface area contributed by atoms with E-state index in [2.05, 4.69) is 19.9 Å². The van der Waals surface area contributed by atoms with Crippen LogP contribution in [0.1, 0.15) is 5.82 Å². The van der Waals surface area contributed by atoms with Gasteiger partial charge in [0, 0.05) is 51.5 Å². The number of nitrogens with one attached hydrogen (secondary N) is 1. The predicted molar refractivity (Wildman–Crippen MR) is 106 cm³/mol. The molecule has 0 bridgehead atoms. The van der Waals surface area contributed by atoms with E-state index in [0.29, 0.717) is 55.9 Å². The Labute approximate surface area is 162 Å². The molecule has 1 aliphatic rings. The number of benzene rings is 1. The zero-order chi connectivity index (χ0) is 19.6. The van der Waals surface area contributed by atoms with Crippen LogP contribution in [0.3, 0.4) is 0 Å². The van der Waals surface area contributed by atoms with Gasteiger partial charge in [-0.15, -0.1) is 0 Å². The van der Waals surface area contributed by atoms with Gasteiger partial charge >= 0.3 is 0 Å². The predicted octanol–water partition coefficient (Wildman–Crippen LogP) is 0.867. The van der Waals surface area contributed by atoms with Crippen LogP contribution in [0.25, 0.3) is 10.9 Å². The third kappa shape index (κ3) is 3.82. The first kappa shape index (κ1) is 18.7. The second kappa shape index (κ2) is 7.78. The summed E-state index contributed by atoms with van der Waals surface area (Å²) in [5.74, 6) is 0.647. The molecule has 1 aliphatic heterocycles. The molecule has 2 aromatic heterocycles. The van der Waals surface area contributed by atoms with E-state index in [0.717, 1.165) is 0 Å². The van der Waals surface area contributed by atoms with Gasteiger partial charge < -0.3 is 9.88 Å². The monoisotopic (exact) mass is 399 g/mol. The van der Waals surface area contributed by atoms with E-state index in [9.17, 15) is 13.2 Å². The van der Waals surface area contributed by atoms with Crippen LogP contribution in [0, 0.1) is 0 Å². The SMILES string of the molecule is O=c1[nH]c(CCN2CCN(S(=O)(=O)c3cccnc3)CC2)nc2ccccc12. The second-order valence-electron chi connectivity index (χ2n) is 6.71. The lowest BCUT2D eigenvalue weighted by Gasteiger charge is -2.33. The Kier molecular flexibility index (Phi) is 5.21. The first-order valence-corrected chi connectivity index (χ1v) is 10.6. The molecule has 0 unspecified atom stereocenters. The Morgan fingerprint density at radius 3 is 2.57 bits per heavy atom. The Morgan fingerprint density at radius 2 is 1.82 bits per heavy atom. The maximum atomic E-state index is 12.7. The van der Waals surface area contributed by atoms with Crippen LogP contribution in [-0.4, -0.2) is 65.3 Å². The summed E-state index contributed by atoms with van der Waals surface area (Å²) in [4.78, 5) is 25.8. The number of fused-ring (bicyclic) bond motifs is 1. The summed E-state index contributed by atoms with van der Waals surface area (Å²) in [5, 5.41) is 0.584. The van der Waals surface area contributed by atoms with Crippen LogP contribution < -0.4 is 5.56 Å². The molecule has 8 nitrogen and oxygen atoms in total. The minimum atomic E-state index is -3.50. The molecular weight excluding hydrogens is 378 g/mol. The highest BCUT2D eigenvalue weighted by atomic mass is 32.2. The Bertz CT molecular complexity index is 1120. The molecule has 0 amide bonds. The van der Waals surface area contributed by atoms with Crippen molar-refractivity contribution in [1.82, 2.24) is 24.2 Å². The smallest absolute Gasteiger partial charge is 0.258 e. The second-order valence-corrected chi connectivity index (χ2v) is 8.65. The lowest BCUT2D eigenvalue weighted by Crippen LogP contribution is -2.49. The number of nitrogens with zero attached hydrogens (tertiary/aromatic N) is 4. The normalized spacial score (nSPS) is 16.4. The molecule has 0 aliphatic carbocycles. The highest BCUT2D eigenvalue weighted by molar-refractivity contribution is 7.89. The number of aromatic nitrogens is 3. The summed E-state index contributed by atoms with van der Waals surface area (Å²) in [7, 11) is -3.50. The molecule has 3 heterocycles. The molecule has 1 aromatic carbocycles. The zero-order valence-corrected chi connectivity index (χ0v) is 16.1. The first-order valence-electron chi connectivity index (χ1n) is 9.14. The standard InChI is InChI=1S/C19H21N5O3S/c25-19-16-5-1-2-6-17(16)21-18(22-19)7-9-23-10-12-24(13-11-23)28(26,27)15-4-3-8-20-14-15/h1-6,8,14H,7,9-13H2,(H,21,22,25). The van der Waals surface area contributed by atoms with E-state index in [1.54, 1.807) is 24.4 Å². The summed E-state index contributed by atoms with van der Waals surface area (Å²) < 4.78 is 26.8. The molecule has 0 radical (unpaired) electrons. The van der Waals surface area contributed by atoms with Gasteiger partial charge in [-0.25, -0.2) is 13.4 Å². The Morgan fingerprint density at radius 1 is 1.04 bits per heavy atom. The van der Waals surface area contributed by atoms with Gasteiger partial charge in [0.15, 0.2) is 0 Å². The number of aromatic amines is 1. The zero-order valence-electron chi connectivity index (χ0n) is 15.3. The fourth-order valence-electron chi connectivity index (χ4n) is 3.36. The molecule has 28 heavy (non-hydrogen) atoms. The van der Waals surface area contributed by atoms with Gasteiger partial charge in [0.25, 0.3) is 5.56 Å². The molecule has 146 valence electrons. The average molecular weight is 399 g/mol. The molecule has 9 heteroatoms. The van der Waals surface area contributed by atoms with Gasteiger partial charge in [-0.3, -0.25) is 9.78 Å². The number of piperazine rings is 1. The average Bonchev–Trinajstić information content (AvgIpc) is 2.73. The molecule has 1 N–H and O–H groups in total. The van der Waals surface area contributed by atoms with Crippen LogP contribution in [0.5, 0.6) is 0 Å². The number of hydrogen-bond acceptors (Lipinski definition) is 6. The van der Waals surface area contributed by atoms with E-state index in [1.165, 1.54) is 10.5 Å². The summed E-state index contributed by atoms with van der Waals surface area (Å²) in [5.41, 5.74) is 0.557. The summed E-state index contributed by atoms with van der Waals surface area (Å²) >= 11 is 0. The van der Waals surface area contributed by atoms with Crippen LogP contribution >= 0.6 is 0 Å². The lowest BCUT2D eigenvalue weighted by molar-refractivity contribution is 0.189. The number of rotatable bonds is 5. The molecule has 0 saturated carbocycles. The van der Waals surface area contributed by atoms with E-state index in [4.69, 9.17) is 0 Å². The Balaban J connectivity index is 1.37. The van der Waals surface area contributed by atoms with Crippen molar-refractivity contribution < 1.29 is 8.42 Å². The molecule has 1 saturated heterocycles. The number of H-pyrrole nitrogens is 1. The molecule has 1 fully saturated rings. The summed E-state index contributed by atoms with van der Waals surface area (Å²) in [6.07, 6.45) is 3.54. The fraction of sp³-hybridized carbons (Fsp3) is 0.316. The molecule has 3 aromatic rings.